The van der Waals surface area contributed by atoms with E-state index in [0.717, 1.165) is 0 Å². The van der Waals surface area contributed by atoms with E-state index in [4.69, 9.17) is 23.7 Å². The molecule has 0 aliphatic carbocycles. The standard InChI is InChI=1S/C13H23F3O7/c1-18-2-3-19-4-5-20-6-7-21-8-9-22-10-11-23-12(17)13(14,15)16/h2-11H2,1H3. The average molecular weight is 348 g/mol. The van der Waals surface area contributed by atoms with E-state index in [1.54, 1.807) is 7.11 Å². The lowest BCUT2D eigenvalue weighted by molar-refractivity contribution is -0.200. The Hall–Kier alpha value is -0.940. The highest BCUT2D eigenvalue weighted by Gasteiger charge is 2.40. The Bertz CT molecular complexity index is 287. The van der Waals surface area contributed by atoms with Crippen LogP contribution in [0, 0.1) is 0 Å². The van der Waals surface area contributed by atoms with E-state index in [2.05, 4.69) is 4.74 Å². The molecule has 0 bridgehead atoms. The Balaban J connectivity index is 3.12. The first-order chi connectivity index (χ1) is 11.0. The number of carbonyl (C=O) groups excluding carboxylic acids is 1. The van der Waals surface area contributed by atoms with Crippen LogP contribution >= 0.6 is 0 Å². The van der Waals surface area contributed by atoms with Crippen LogP contribution in [0.4, 0.5) is 13.2 Å². The maximum Gasteiger partial charge on any atom is 0.490 e. The zero-order valence-corrected chi connectivity index (χ0v) is 13.1. The van der Waals surface area contributed by atoms with Crippen LogP contribution in [0.2, 0.25) is 0 Å². The molecule has 0 heterocycles. The molecule has 0 saturated carbocycles. The quantitative estimate of drug-likeness (QED) is 0.320. The number of ether oxygens (including phenoxy) is 6. The van der Waals surface area contributed by atoms with Crippen LogP contribution in [0.1, 0.15) is 0 Å². The maximum atomic E-state index is 11.8. The summed E-state index contributed by atoms with van der Waals surface area (Å²) in [5, 5.41) is 0. The van der Waals surface area contributed by atoms with Crippen molar-refractivity contribution in [2.75, 3.05) is 73.2 Å². The number of halogens is 3. The lowest BCUT2D eigenvalue weighted by Gasteiger charge is -2.08. The number of hydrogen-bond acceptors (Lipinski definition) is 7. The highest BCUT2D eigenvalue weighted by molar-refractivity contribution is 5.75. The Morgan fingerprint density at radius 1 is 0.696 bits per heavy atom. The van der Waals surface area contributed by atoms with Crippen molar-refractivity contribution in [3.63, 3.8) is 0 Å². The summed E-state index contributed by atoms with van der Waals surface area (Å²) in [4.78, 5) is 10.3. The minimum absolute atomic E-state index is 0.125. The van der Waals surface area contributed by atoms with Crippen molar-refractivity contribution in [3.05, 3.63) is 0 Å². The van der Waals surface area contributed by atoms with Crippen LogP contribution in [0.5, 0.6) is 0 Å². The van der Waals surface area contributed by atoms with E-state index in [9.17, 15) is 18.0 Å². The van der Waals surface area contributed by atoms with Crippen molar-refractivity contribution >= 4 is 5.97 Å². The molecule has 0 aliphatic heterocycles. The second-order valence-electron chi connectivity index (χ2n) is 4.08. The number of carbonyl (C=O) groups is 1. The summed E-state index contributed by atoms with van der Waals surface area (Å²) in [7, 11) is 1.59. The van der Waals surface area contributed by atoms with E-state index in [-0.39, 0.29) is 19.8 Å². The zero-order chi connectivity index (χ0) is 17.4. The number of esters is 1. The molecule has 0 atom stereocenters. The van der Waals surface area contributed by atoms with Gasteiger partial charge in [-0.15, -0.1) is 0 Å². The van der Waals surface area contributed by atoms with Gasteiger partial charge in [0.15, 0.2) is 0 Å². The Morgan fingerprint density at radius 2 is 1.04 bits per heavy atom. The Labute approximate surface area is 132 Å². The summed E-state index contributed by atoms with van der Waals surface area (Å²) in [6.45, 7) is 2.62. The van der Waals surface area contributed by atoms with Crippen LogP contribution in [-0.2, 0) is 33.2 Å². The summed E-state index contributed by atoms with van der Waals surface area (Å²) in [6, 6.07) is 0. The molecule has 0 spiro atoms. The molecule has 0 aromatic carbocycles. The van der Waals surface area contributed by atoms with Crippen molar-refractivity contribution in [3.8, 4) is 0 Å². The fraction of sp³-hybridized carbons (Fsp3) is 0.923. The first-order valence-electron chi connectivity index (χ1n) is 7.02. The van der Waals surface area contributed by atoms with E-state index < -0.39 is 18.8 Å². The second-order valence-corrected chi connectivity index (χ2v) is 4.08. The molecule has 0 rings (SSSR count). The summed E-state index contributed by atoms with van der Waals surface area (Å²) in [5.74, 6) is -2.22. The zero-order valence-electron chi connectivity index (χ0n) is 13.1. The van der Waals surface area contributed by atoms with Crippen molar-refractivity contribution in [1.29, 1.82) is 0 Å². The molecule has 0 unspecified atom stereocenters. The lowest BCUT2D eigenvalue weighted by Crippen LogP contribution is -2.26. The first-order valence-corrected chi connectivity index (χ1v) is 7.02. The summed E-state index contributed by atoms with van der Waals surface area (Å²) < 4.78 is 64.6. The maximum absolute atomic E-state index is 11.8. The van der Waals surface area contributed by atoms with Gasteiger partial charge in [-0.2, -0.15) is 13.2 Å². The molecule has 0 radical (unpaired) electrons. The normalized spacial score (nSPS) is 11.7. The van der Waals surface area contributed by atoms with Crippen LogP contribution in [0.25, 0.3) is 0 Å². The topological polar surface area (TPSA) is 72.5 Å². The molecule has 10 heteroatoms. The molecule has 0 amide bonds. The Kier molecular flexibility index (Phi) is 14.0. The predicted molar refractivity (Wildman–Crippen MR) is 72.2 cm³/mol. The molecular formula is C13H23F3O7. The van der Waals surface area contributed by atoms with Crippen molar-refractivity contribution in [1.82, 2.24) is 0 Å². The number of rotatable bonds is 15. The Morgan fingerprint density at radius 3 is 1.39 bits per heavy atom. The van der Waals surface area contributed by atoms with E-state index in [0.29, 0.717) is 39.6 Å². The molecule has 0 N–H and O–H groups in total. The van der Waals surface area contributed by atoms with E-state index >= 15 is 0 Å². The third-order valence-electron chi connectivity index (χ3n) is 2.24. The molecular weight excluding hydrogens is 325 g/mol. The molecule has 7 nitrogen and oxygen atoms in total. The number of hydrogen-bond donors (Lipinski definition) is 0. The van der Waals surface area contributed by atoms with E-state index in [1.165, 1.54) is 0 Å². The third-order valence-corrected chi connectivity index (χ3v) is 2.24. The monoisotopic (exact) mass is 348 g/mol. The van der Waals surface area contributed by atoms with Gasteiger partial charge in [-0.05, 0) is 0 Å². The van der Waals surface area contributed by atoms with Crippen LogP contribution in [-0.4, -0.2) is 85.3 Å². The summed E-state index contributed by atoms with van der Waals surface area (Å²) >= 11 is 0. The van der Waals surface area contributed by atoms with Gasteiger partial charge >= 0.3 is 12.1 Å². The van der Waals surface area contributed by atoms with Crippen molar-refractivity contribution in [2.45, 2.75) is 6.18 Å². The molecule has 0 aromatic rings. The van der Waals surface area contributed by atoms with Crippen LogP contribution in [0.15, 0.2) is 0 Å². The molecule has 138 valence electrons. The van der Waals surface area contributed by atoms with Gasteiger partial charge in [-0.1, -0.05) is 0 Å². The minimum atomic E-state index is -4.97. The molecule has 23 heavy (non-hydrogen) atoms. The fourth-order valence-electron chi connectivity index (χ4n) is 1.18. The van der Waals surface area contributed by atoms with Crippen LogP contribution < -0.4 is 0 Å². The molecule has 0 fully saturated rings. The molecule has 0 aliphatic rings. The number of methoxy groups -OCH3 is 1. The third kappa shape index (κ3) is 15.7. The van der Waals surface area contributed by atoms with Gasteiger partial charge < -0.3 is 28.4 Å². The smallest absolute Gasteiger partial charge is 0.457 e. The van der Waals surface area contributed by atoms with Gasteiger partial charge in [0.05, 0.1) is 59.5 Å². The molecule has 0 saturated heterocycles. The highest BCUT2D eigenvalue weighted by atomic mass is 19.4. The fourth-order valence-corrected chi connectivity index (χ4v) is 1.18. The van der Waals surface area contributed by atoms with Gasteiger partial charge in [0.1, 0.15) is 6.61 Å². The van der Waals surface area contributed by atoms with Gasteiger partial charge in [-0.25, -0.2) is 4.79 Å². The predicted octanol–water partition coefficient (Wildman–Crippen LogP) is 0.805. The van der Waals surface area contributed by atoms with E-state index in [1.807, 2.05) is 0 Å². The van der Waals surface area contributed by atoms with Gasteiger partial charge in [0, 0.05) is 7.11 Å². The molecule has 0 aromatic heterocycles. The average Bonchev–Trinajstić information content (AvgIpc) is 2.50. The number of alkyl halides is 3. The SMILES string of the molecule is COCCOCCOCCOCCOCCOC(=O)C(F)(F)F. The van der Waals surface area contributed by atoms with Gasteiger partial charge in [-0.3, -0.25) is 0 Å². The summed E-state index contributed by atoms with van der Waals surface area (Å²) in [5.41, 5.74) is 0. The highest BCUT2D eigenvalue weighted by Crippen LogP contribution is 2.16. The van der Waals surface area contributed by atoms with Gasteiger partial charge in [0.2, 0.25) is 0 Å². The largest absolute Gasteiger partial charge is 0.490 e. The summed E-state index contributed by atoms with van der Waals surface area (Å²) in [6.07, 6.45) is -4.97. The first kappa shape index (κ1) is 22.1. The second kappa shape index (κ2) is 14.6. The minimum Gasteiger partial charge on any atom is -0.457 e. The van der Waals surface area contributed by atoms with Crippen molar-refractivity contribution in [2.24, 2.45) is 0 Å². The van der Waals surface area contributed by atoms with Crippen molar-refractivity contribution < 1.29 is 46.4 Å². The lowest BCUT2D eigenvalue weighted by atomic mass is 10.6. The van der Waals surface area contributed by atoms with Gasteiger partial charge in [0.25, 0.3) is 0 Å². The van der Waals surface area contributed by atoms with Crippen LogP contribution in [0.3, 0.4) is 0 Å².